The lowest BCUT2D eigenvalue weighted by Crippen LogP contribution is -2.48. The molecule has 0 radical (unpaired) electrons. The number of carbonyl (C=O) groups is 1. The van der Waals surface area contributed by atoms with Crippen LogP contribution in [-0.2, 0) is 0 Å². The van der Waals surface area contributed by atoms with Gasteiger partial charge in [0.15, 0.2) is 0 Å². The fourth-order valence-corrected chi connectivity index (χ4v) is 5.30. The van der Waals surface area contributed by atoms with Crippen molar-refractivity contribution < 1.29 is 4.79 Å². The summed E-state index contributed by atoms with van der Waals surface area (Å²) in [5, 5.41) is 5.53. The molecule has 1 fully saturated rings. The molecule has 0 spiro atoms. The third-order valence-electron chi connectivity index (χ3n) is 6.83. The van der Waals surface area contributed by atoms with Crippen molar-refractivity contribution in [2.24, 2.45) is 0 Å². The molecular weight excluding hydrogens is 529 g/mol. The molecule has 2 heterocycles. The van der Waals surface area contributed by atoms with Crippen LogP contribution in [0.2, 0.25) is 10.0 Å². The molecule has 0 bridgehead atoms. The number of hydrogen-bond acceptors (Lipinski definition) is 5. The molecule has 0 atom stereocenters. The summed E-state index contributed by atoms with van der Waals surface area (Å²) in [6.07, 6.45) is 0. The molecule has 8 heteroatoms. The Kier molecular flexibility index (Phi) is 7.05. The van der Waals surface area contributed by atoms with Crippen LogP contribution in [0.1, 0.15) is 10.4 Å². The Balaban J connectivity index is 1.22. The number of carbonyl (C=O) groups excluding carboxylic acids is 1. The molecule has 1 saturated heterocycles. The largest absolute Gasteiger partial charge is 0.367 e. The van der Waals surface area contributed by atoms with Crippen LogP contribution in [0.5, 0.6) is 0 Å². The second-order valence-electron chi connectivity index (χ2n) is 9.36. The predicted molar refractivity (Wildman–Crippen MR) is 159 cm³/mol. The summed E-state index contributed by atoms with van der Waals surface area (Å²) in [5.74, 6) is 0.443. The molecule has 6 rings (SSSR count). The average molecular weight is 554 g/mol. The summed E-state index contributed by atoms with van der Waals surface area (Å²) in [5.41, 5.74) is 4.89. The third kappa shape index (κ3) is 5.39. The van der Waals surface area contributed by atoms with E-state index < -0.39 is 0 Å². The van der Waals surface area contributed by atoms with Crippen molar-refractivity contribution in [1.82, 2.24) is 14.9 Å². The van der Waals surface area contributed by atoms with Crippen LogP contribution in [0.15, 0.2) is 97.1 Å². The molecule has 1 amide bonds. The number of piperazine rings is 1. The van der Waals surface area contributed by atoms with E-state index in [9.17, 15) is 4.79 Å². The zero-order valence-corrected chi connectivity index (χ0v) is 22.5. The molecule has 39 heavy (non-hydrogen) atoms. The summed E-state index contributed by atoms with van der Waals surface area (Å²) < 4.78 is 0. The molecule has 0 unspecified atom stereocenters. The molecule has 4 aromatic carbocycles. The fraction of sp³-hybridized carbons (Fsp3) is 0.129. The lowest BCUT2D eigenvalue weighted by molar-refractivity contribution is 0.0747. The second-order valence-corrected chi connectivity index (χ2v) is 10.2. The van der Waals surface area contributed by atoms with Crippen LogP contribution in [0.4, 0.5) is 17.3 Å². The highest BCUT2D eigenvalue weighted by molar-refractivity contribution is 6.33. The van der Waals surface area contributed by atoms with Gasteiger partial charge in [0.1, 0.15) is 0 Å². The van der Waals surface area contributed by atoms with E-state index in [1.54, 1.807) is 0 Å². The first-order valence-electron chi connectivity index (χ1n) is 12.7. The average Bonchev–Trinajstić information content (AvgIpc) is 2.97. The molecule has 6 nitrogen and oxygen atoms in total. The van der Waals surface area contributed by atoms with Gasteiger partial charge in [-0.3, -0.25) is 4.79 Å². The van der Waals surface area contributed by atoms with Gasteiger partial charge < -0.3 is 15.1 Å². The van der Waals surface area contributed by atoms with E-state index in [-0.39, 0.29) is 5.91 Å². The van der Waals surface area contributed by atoms with Gasteiger partial charge in [-0.2, -0.15) is 0 Å². The van der Waals surface area contributed by atoms with Gasteiger partial charge in [0.2, 0.25) is 5.95 Å². The first kappa shape index (κ1) is 25.2. The van der Waals surface area contributed by atoms with Gasteiger partial charge in [-0.25, -0.2) is 9.97 Å². The minimum absolute atomic E-state index is 0.00324. The van der Waals surface area contributed by atoms with Crippen molar-refractivity contribution in [3.05, 3.63) is 113 Å². The number of benzene rings is 4. The second kappa shape index (κ2) is 10.9. The number of aromatic nitrogens is 2. The molecule has 0 saturated carbocycles. The Hall–Kier alpha value is -4.13. The lowest BCUT2D eigenvalue weighted by Gasteiger charge is -2.36. The number of anilines is 3. The SMILES string of the molecule is O=C(c1cccc(Nc2nc(-c3ccccc3)c3cc(Cl)ccc3n2)c1)N1CCN(c2ccccc2Cl)CC1. The fourth-order valence-electron chi connectivity index (χ4n) is 4.87. The van der Waals surface area contributed by atoms with E-state index in [2.05, 4.69) is 10.2 Å². The van der Waals surface area contributed by atoms with Gasteiger partial charge in [-0.15, -0.1) is 0 Å². The predicted octanol–water partition coefficient (Wildman–Crippen LogP) is 7.31. The molecule has 5 aromatic rings. The van der Waals surface area contributed by atoms with Crippen LogP contribution in [-0.4, -0.2) is 47.0 Å². The monoisotopic (exact) mass is 553 g/mol. The molecule has 1 aromatic heterocycles. The van der Waals surface area contributed by atoms with Crippen molar-refractivity contribution in [3.8, 4) is 11.3 Å². The minimum Gasteiger partial charge on any atom is -0.367 e. The number of hydrogen-bond donors (Lipinski definition) is 1. The van der Waals surface area contributed by atoms with Crippen LogP contribution < -0.4 is 10.2 Å². The summed E-state index contributed by atoms with van der Waals surface area (Å²) in [6.45, 7) is 2.70. The number of amides is 1. The third-order valence-corrected chi connectivity index (χ3v) is 7.39. The van der Waals surface area contributed by atoms with E-state index >= 15 is 0 Å². The maximum absolute atomic E-state index is 13.4. The number of nitrogens with one attached hydrogen (secondary N) is 1. The van der Waals surface area contributed by atoms with Crippen molar-refractivity contribution in [2.75, 3.05) is 36.4 Å². The van der Waals surface area contributed by atoms with Gasteiger partial charge in [-0.05, 0) is 48.5 Å². The molecular formula is C31H25Cl2N5O. The highest BCUT2D eigenvalue weighted by Gasteiger charge is 2.23. The number of halogens is 2. The number of para-hydroxylation sites is 1. The molecule has 194 valence electrons. The number of rotatable bonds is 5. The zero-order chi connectivity index (χ0) is 26.8. The Morgan fingerprint density at radius 1 is 0.769 bits per heavy atom. The van der Waals surface area contributed by atoms with E-state index in [1.165, 1.54) is 0 Å². The molecule has 0 aliphatic carbocycles. The first-order chi connectivity index (χ1) is 19.0. The smallest absolute Gasteiger partial charge is 0.254 e. The van der Waals surface area contributed by atoms with Crippen molar-refractivity contribution >= 4 is 57.3 Å². The van der Waals surface area contributed by atoms with Gasteiger partial charge in [0, 0.05) is 53.4 Å². The topological polar surface area (TPSA) is 61.4 Å². The minimum atomic E-state index is -0.00324. The van der Waals surface area contributed by atoms with Crippen LogP contribution in [0.25, 0.3) is 22.2 Å². The zero-order valence-electron chi connectivity index (χ0n) is 21.0. The van der Waals surface area contributed by atoms with E-state index in [0.717, 1.165) is 51.6 Å². The maximum atomic E-state index is 13.4. The molecule has 1 N–H and O–H groups in total. The molecule has 1 aliphatic rings. The van der Waals surface area contributed by atoms with Gasteiger partial charge in [0.25, 0.3) is 5.91 Å². The van der Waals surface area contributed by atoms with Gasteiger partial charge in [-0.1, -0.05) is 71.7 Å². The Morgan fingerprint density at radius 2 is 1.54 bits per heavy atom. The summed E-state index contributed by atoms with van der Waals surface area (Å²) in [7, 11) is 0. The summed E-state index contributed by atoms with van der Waals surface area (Å²) in [6, 6.07) is 30.8. The van der Waals surface area contributed by atoms with Crippen molar-refractivity contribution in [3.63, 3.8) is 0 Å². The van der Waals surface area contributed by atoms with Gasteiger partial charge in [0.05, 0.1) is 21.9 Å². The summed E-state index contributed by atoms with van der Waals surface area (Å²) >= 11 is 12.7. The Bertz CT molecular complexity index is 1650. The van der Waals surface area contributed by atoms with Crippen molar-refractivity contribution in [1.29, 1.82) is 0 Å². The highest BCUT2D eigenvalue weighted by Crippen LogP contribution is 2.31. The highest BCUT2D eigenvalue weighted by atomic mass is 35.5. The van der Waals surface area contributed by atoms with E-state index in [1.807, 2.05) is 102 Å². The normalized spacial score (nSPS) is 13.5. The Labute approximate surface area is 236 Å². The first-order valence-corrected chi connectivity index (χ1v) is 13.5. The van der Waals surface area contributed by atoms with E-state index in [0.29, 0.717) is 29.6 Å². The quantitative estimate of drug-likeness (QED) is 0.247. The van der Waals surface area contributed by atoms with Crippen LogP contribution in [0, 0.1) is 0 Å². The summed E-state index contributed by atoms with van der Waals surface area (Å²) in [4.78, 5) is 27.0. The Morgan fingerprint density at radius 3 is 2.33 bits per heavy atom. The van der Waals surface area contributed by atoms with Crippen LogP contribution in [0.3, 0.4) is 0 Å². The van der Waals surface area contributed by atoms with Crippen molar-refractivity contribution in [2.45, 2.75) is 0 Å². The van der Waals surface area contributed by atoms with E-state index in [4.69, 9.17) is 33.2 Å². The molecule has 1 aliphatic heterocycles. The lowest BCUT2D eigenvalue weighted by atomic mass is 10.1. The van der Waals surface area contributed by atoms with Gasteiger partial charge >= 0.3 is 0 Å². The number of fused-ring (bicyclic) bond motifs is 1. The maximum Gasteiger partial charge on any atom is 0.254 e. The van der Waals surface area contributed by atoms with Crippen LogP contribution >= 0.6 is 23.2 Å². The standard InChI is InChI=1S/C31H25Cl2N5O/c32-23-13-14-27-25(20-23)29(21-7-2-1-3-8-21)36-31(35-27)34-24-10-6-9-22(19-24)30(39)38-17-15-37(16-18-38)28-12-5-4-11-26(28)33/h1-14,19-20H,15-18H2,(H,34,35,36). The number of nitrogens with zero attached hydrogens (tertiary/aromatic N) is 4.